The van der Waals surface area contributed by atoms with Crippen molar-refractivity contribution < 1.29 is 23.7 Å². The number of ether oxygens (including phenoxy) is 4. The van der Waals surface area contributed by atoms with Gasteiger partial charge in [-0.2, -0.15) is 0 Å². The average molecular weight is 488 g/mol. The van der Waals surface area contributed by atoms with Crippen LogP contribution in [0.25, 0.3) is 0 Å². The molecule has 0 spiro atoms. The Morgan fingerprint density at radius 1 is 0.917 bits per heavy atom. The number of hydrogen-bond donors (Lipinski definition) is 0. The highest BCUT2D eigenvalue weighted by molar-refractivity contribution is 5.97. The van der Waals surface area contributed by atoms with Crippen molar-refractivity contribution in [3.8, 4) is 17.2 Å². The summed E-state index contributed by atoms with van der Waals surface area (Å²) in [5, 5.41) is 0. The smallest absolute Gasteiger partial charge is 0.258 e. The quantitative estimate of drug-likeness (QED) is 0.422. The second kappa shape index (κ2) is 11.0. The van der Waals surface area contributed by atoms with Crippen LogP contribution in [-0.4, -0.2) is 50.4 Å². The van der Waals surface area contributed by atoms with Gasteiger partial charge in [-0.05, 0) is 53.8 Å². The third-order valence-electron chi connectivity index (χ3n) is 6.98. The van der Waals surface area contributed by atoms with Gasteiger partial charge in [-0.3, -0.25) is 4.79 Å². The summed E-state index contributed by atoms with van der Waals surface area (Å²) in [7, 11) is 3.24. The summed E-state index contributed by atoms with van der Waals surface area (Å²) < 4.78 is 23.4. The summed E-state index contributed by atoms with van der Waals surface area (Å²) >= 11 is 0. The molecule has 0 N–H and O–H groups in total. The fraction of sp³-hybridized carbons (Fsp3) is 0.367. The van der Waals surface area contributed by atoms with Crippen LogP contribution < -0.4 is 14.2 Å². The van der Waals surface area contributed by atoms with Gasteiger partial charge in [-0.1, -0.05) is 42.5 Å². The van der Waals surface area contributed by atoms with Crippen LogP contribution >= 0.6 is 0 Å². The first kappa shape index (κ1) is 24.2. The summed E-state index contributed by atoms with van der Waals surface area (Å²) in [6, 6.07) is 21.8. The number of benzene rings is 3. The van der Waals surface area contributed by atoms with Gasteiger partial charge in [0.1, 0.15) is 11.9 Å². The van der Waals surface area contributed by atoms with E-state index in [9.17, 15) is 4.79 Å². The molecule has 36 heavy (non-hydrogen) atoms. The van der Waals surface area contributed by atoms with Crippen molar-refractivity contribution in [3.63, 3.8) is 0 Å². The molecule has 0 radical (unpaired) electrons. The number of hydrogen-bond acceptors (Lipinski definition) is 5. The van der Waals surface area contributed by atoms with E-state index in [0.717, 1.165) is 43.6 Å². The Balaban J connectivity index is 1.34. The van der Waals surface area contributed by atoms with Crippen LogP contribution in [0.1, 0.15) is 39.9 Å². The van der Waals surface area contributed by atoms with Gasteiger partial charge >= 0.3 is 0 Å². The maximum Gasteiger partial charge on any atom is 0.258 e. The molecule has 1 heterocycles. The third-order valence-corrected chi connectivity index (χ3v) is 6.98. The highest BCUT2D eigenvalue weighted by Crippen LogP contribution is 2.33. The molecular weight excluding hydrogens is 454 g/mol. The van der Waals surface area contributed by atoms with Crippen molar-refractivity contribution in [2.24, 2.45) is 0 Å². The molecule has 0 unspecified atom stereocenters. The van der Waals surface area contributed by atoms with Crippen LogP contribution in [-0.2, 0) is 24.1 Å². The molecule has 188 valence electrons. The van der Waals surface area contributed by atoms with Crippen LogP contribution in [0, 0.1) is 0 Å². The zero-order chi connectivity index (χ0) is 24.9. The number of carbonyl (C=O) groups excluding carboxylic acids is 1. The summed E-state index contributed by atoms with van der Waals surface area (Å²) in [6.07, 6.45) is 3.89. The van der Waals surface area contributed by atoms with Crippen LogP contribution in [0.15, 0.2) is 66.7 Å². The lowest BCUT2D eigenvalue weighted by Crippen LogP contribution is -2.37. The van der Waals surface area contributed by atoms with Crippen molar-refractivity contribution in [1.82, 2.24) is 4.90 Å². The fourth-order valence-corrected chi connectivity index (χ4v) is 5.15. The van der Waals surface area contributed by atoms with Crippen molar-refractivity contribution >= 4 is 5.91 Å². The largest absolute Gasteiger partial charge is 0.496 e. The van der Waals surface area contributed by atoms with Crippen molar-refractivity contribution in [2.75, 3.05) is 27.4 Å². The van der Waals surface area contributed by atoms with Crippen LogP contribution in [0.2, 0.25) is 0 Å². The van der Waals surface area contributed by atoms with Crippen LogP contribution in [0.5, 0.6) is 17.2 Å². The minimum atomic E-state index is -0.0778. The molecule has 1 fully saturated rings. The predicted octanol–water partition coefficient (Wildman–Crippen LogP) is 5.07. The zero-order valence-corrected chi connectivity index (χ0v) is 20.9. The van der Waals surface area contributed by atoms with Gasteiger partial charge in [0, 0.05) is 32.5 Å². The maximum absolute atomic E-state index is 13.6. The molecule has 0 aromatic heterocycles. The molecular formula is C30H33NO5. The third kappa shape index (κ3) is 5.34. The monoisotopic (exact) mass is 487 g/mol. The number of fused-ring (bicyclic) bond motifs is 1. The van der Waals surface area contributed by atoms with E-state index in [-0.39, 0.29) is 18.1 Å². The molecule has 0 bridgehead atoms. The Labute approximate surface area is 212 Å². The Bertz CT molecular complexity index is 1180. The lowest BCUT2D eigenvalue weighted by atomic mass is 10.1. The van der Waals surface area contributed by atoms with Gasteiger partial charge in [0.15, 0.2) is 11.5 Å². The van der Waals surface area contributed by atoms with Gasteiger partial charge in [-0.15, -0.1) is 0 Å². The molecule has 1 amide bonds. The first-order valence-corrected chi connectivity index (χ1v) is 12.6. The zero-order valence-electron chi connectivity index (χ0n) is 20.9. The molecule has 2 aliphatic rings. The SMILES string of the molecule is COc1cc(CN(C[C@H]2CCCO2)C(=O)c2ccccc2OC)ccc1OC1Cc2ccccc2C1. The Morgan fingerprint density at radius 3 is 2.33 bits per heavy atom. The molecule has 1 aliphatic carbocycles. The summed E-state index contributed by atoms with van der Waals surface area (Å²) in [6.45, 7) is 1.70. The van der Waals surface area contributed by atoms with E-state index < -0.39 is 0 Å². The van der Waals surface area contributed by atoms with Crippen molar-refractivity contribution in [1.29, 1.82) is 0 Å². The molecule has 6 heteroatoms. The highest BCUT2D eigenvalue weighted by Gasteiger charge is 2.27. The number of rotatable bonds is 9. The maximum atomic E-state index is 13.6. The van der Waals surface area contributed by atoms with Gasteiger partial charge in [0.2, 0.25) is 0 Å². The molecule has 5 rings (SSSR count). The predicted molar refractivity (Wildman–Crippen MR) is 138 cm³/mol. The van der Waals surface area contributed by atoms with Crippen molar-refractivity contribution in [3.05, 3.63) is 89.0 Å². The van der Waals surface area contributed by atoms with Gasteiger partial charge in [0.05, 0.1) is 25.9 Å². The van der Waals surface area contributed by atoms with E-state index in [2.05, 4.69) is 24.3 Å². The number of carbonyl (C=O) groups is 1. The number of methoxy groups -OCH3 is 2. The Morgan fingerprint density at radius 2 is 1.64 bits per heavy atom. The van der Waals surface area contributed by atoms with Gasteiger partial charge in [0.25, 0.3) is 5.91 Å². The van der Waals surface area contributed by atoms with E-state index >= 15 is 0 Å². The van der Waals surface area contributed by atoms with Gasteiger partial charge < -0.3 is 23.8 Å². The van der Waals surface area contributed by atoms with E-state index in [1.165, 1.54) is 11.1 Å². The first-order chi connectivity index (χ1) is 17.6. The second-order valence-corrected chi connectivity index (χ2v) is 9.42. The molecule has 1 saturated heterocycles. The average Bonchev–Trinajstić information content (AvgIpc) is 3.58. The molecule has 0 saturated carbocycles. The Kier molecular flexibility index (Phi) is 7.42. The van der Waals surface area contributed by atoms with E-state index in [1.807, 2.05) is 41.3 Å². The molecule has 1 atom stereocenters. The van der Waals surface area contributed by atoms with Crippen LogP contribution in [0.4, 0.5) is 0 Å². The summed E-state index contributed by atoms with van der Waals surface area (Å²) in [5.74, 6) is 1.88. The molecule has 6 nitrogen and oxygen atoms in total. The van der Waals surface area contributed by atoms with Crippen molar-refractivity contribution in [2.45, 2.75) is 44.4 Å². The number of amides is 1. The molecule has 3 aromatic rings. The summed E-state index contributed by atoms with van der Waals surface area (Å²) in [4.78, 5) is 15.5. The number of para-hydroxylation sites is 1. The summed E-state index contributed by atoms with van der Waals surface area (Å²) in [5.41, 5.74) is 4.20. The van der Waals surface area contributed by atoms with E-state index in [1.54, 1.807) is 20.3 Å². The molecule has 1 aliphatic heterocycles. The lowest BCUT2D eigenvalue weighted by molar-refractivity contribution is 0.0504. The topological polar surface area (TPSA) is 57.2 Å². The molecule has 3 aromatic carbocycles. The first-order valence-electron chi connectivity index (χ1n) is 12.6. The normalized spacial score (nSPS) is 17.0. The Hall–Kier alpha value is -3.51. The van der Waals surface area contributed by atoms with Crippen LogP contribution in [0.3, 0.4) is 0 Å². The van der Waals surface area contributed by atoms with E-state index in [4.69, 9.17) is 18.9 Å². The van der Waals surface area contributed by atoms with Gasteiger partial charge in [-0.25, -0.2) is 0 Å². The lowest BCUT2D eigenvalue weighted by Gasteiger charge is -2.27. The fourth-order valence-electron chi connectivity index (χ4n) is 5.15. The second-order valence-electron chi connectivity index (χ2n) is 9.42. The number of nitrogens with zero attached hydrogens (tertiary/aromatic N) is 1. The minimum Gasteiger partial charge on any atom is -0.496 e. The van der Waals surface area contributed by atoms with E-state index in [0.29, 0.717) is 30.2 Å². The minimum absolute atomic E-state index is 0.0390. The highest BCUT2D eigenvalue weighted by atomic mass is 16.5. The standard InChI is InChI=1S/C30H33NO5/c1-33-27-12-6-5-11-26(27)30(32)31(20-24-10-7-15-35-24)19-21-13-14-28(29(16-21)34-2)36-25-17-22-8-3-4-9-23(22)18-25/h3-6,8-9,11-14,16,24-25H,7,10,15,17-20H2,1-2H3/t24-/m1/s1.